The van der Waals surface area contributed by atoms with E-state index in [2.05, 4.69) is 14.7 Å². The van der Waals surface area contributed by atoms with Crippen molar-refractivity contribution in [3.63, 3.8) is 0 Å². The Kier molecular flexibility index (Phi) is 5.62. The molecule has 0 radical (unpaired) electrons. The van der Waals surface area contributed by atoms with Gasteiger partial charge in [-0.3, -0.25) is 9.78 Å². The van der Waals surface area contributed by atoms with Crippen LogP contribution in [-0.4, -0.2) is 41.5 Å². The summed E-state index contributed by atoms with van der Waals surface area (Å²) in [5.41, 5.74) is 1.64. The average Bonchev–Trinajstić information content (AvgIpc) is 2.55. The number of carbonyl (C=O) groups excluding carboxylic acids is 1. The molecule has 1 aromatic carbocycles. The van der Waals surface area contributed by atoms with E-state index in [0.29, 0.717) is 11.3 Å². The fourth-order valence-electron chi connectivity index (χ4n) is 2.05. The van der Waals surface area contributed by atoms with Crippen LogP contribution < -0.4 is 9.47 Å². The van der Waals surface area contributed by atoms with E-state index >= 15 is 0 Å². The number of benzene rings is 1. The summed E-state index contributed by atoms with van der Waals surface area (Å²) in [5, 5.41) is 0. The number of ether oxygens (including phenoxy) is 2. The first-order valence-corrected chi connectivity index (χ1v) is 7.06. The molecule has 1 heterocycles. The van der Waals surface area contributed by atoms with Crippen molar-refractivity contribution in [3.8, 4) is 11.5 Å². The van der Waals surface area contributed by atoms with Crippen LogP contribution in [0.1, 0.15) is 21.7 Å². The number of hydrogen-bond donors (Lipinski definition) is 0. The average molecular weight is 337 g/mol. The third kappa shape index (κ3) is 4.37. The first-order valence-electron chi connectivity index (χ1n) is 7.06. The van der Waals surface area contributed by atoms with Gasteiger partial charge in [-0.1, -0.05) is 6.07 Å². The summed E-state index contributed by atoms with van der Waals surface area (Å²) in [7, 11) is 2.97. The lowest BCUT2D eigenvalue weighted by Gasteiger charge is -2.18. The minimum Gasteiger partial charge on any atom is -0.493 e. The van der Waals surface area contributed by atoms with E-state index < -0.39 is 6.61 Å². The molecule has 0 unspecified atom stereocenters. The molecule has 6 nitrogen and oxygen atoms in total. The van der Waals surface area contributed by atoms with Crippen molar-refractivity contribution in [2.45, 2.75) is 20.1 Å². The zero-order valence-electron chi connectivity index (χ0n) is 13.5. The van der Waals surface area contributed by atoms with Crippen LogP contribution in [0.2, 0.25) is 0 Å². The Morgan fingerprint density at radius 1 is 1.25 bits per heavy atom. The molecule has 128 valence electrons. The van der Waals surface area contributed by atoms with Gasteiger partial charge in [-0.05, 0) is 24.6 Å². The first-order chi connectivity index (χ1) is 11.4. The van der Waals surface area contributed by atoms with Crippen LogP contribution in [0.4, 0.5) is 8.78 Å². The second-order valence-electron chi connectivity index (χ2n) is 5.07. The molecule has 8 heteroatoms. The van der Waals surface area contributed by atoms with Gasteiger partial charge >= 0.3 is 6.61 Å². The van der Waals surface area contributed by atoms with Crippen molar-refractivity contribution < 1.29 is 23.0 Å². The third-order valence-corrected chi connectivity index (χ3v) is 3.21. The molecule has 0 bridgehead atoms. The van der Waals surface area contributed by atoms with Crippen molar-refractivity contribution >= 4 is 5.91 Å². The molecule has 24 heavy (non-hydrogen) atoms. The van der Waals surface area contributed by atoms with Crippen LogP contribution in [0.15, 0.2) is 30.6 Å². The van der Waals surface area contributed by atoms with Gasteiger partial charge < -0.3 is 14.4 Å². The number of aryl methyl sites for hydroxylation is 1. The molecule has 2 aromatic rings. The van der Waals surface area contributed by atoms with Gasteiger partial charge in [0.25, 0.3) is 5.91 Å². The van der Waals surface area contributed by atoms with Gasteiger partial charge in [0, 0.05) is 19.8 Å². The maximum Gasteiger partial charge on any atom is 0.387 e. The van der Waals surface area contributed by atoms with Gasteiger partial charge in [0.15, 0.2) is 11.5 Å². The second kappa shape index (κ2) is 7.67. The highest BCUT2D eigenvalue weighted by atomic mass is 19.3. The van der Waals surface area contributed by atoms with Crippen molar-refractivity contribution in [3.05, 3.63) is 47.5 Å². The van der Waals surface area contributed by atoms with Crippen LogP contribution in [0.25, 0.3) is 0 Å². The maximum absolute atomic E-state index is 12.3. The molecule has 0 atom stereocenters. The highest BCUT2D eigenvalue weighted by Crippen LogP contribution is 2.29. The molecule has 0 saturated heterocycles. The maximum atomic E-state index is 12.3. The van der Waals surface area contributed by atoms with Gasteiger partial charge in [0.05, 0.1) is 19.0 Å². The molecule has 0 aliphatic rings. The Labute approximate surface area is 138 Å². The summed E-state index contributed by atoms with van der Waals surface area (Å²) in [6.45, 7) is -0.908. The normalized spacial score (nSPS) is 10.6. The number of amides is 1. The van der Waals surface area contributed by atoms with Crippen LogP contribution in [0.5, 0.6) is 11.5 Å². The minimum atomic E-state index is -2.94. The fourth-order valence-corrected chi connectivity index (χ4v) is 2.05. The smallest absolute Gasteiger partial charge is 0.387 e. The summed E-state index contributed by atoms with van der Waals surface area (Å²) >= 11 is 0. The SMILES string of the molecule is COc1cc(CN(C)C(=O)c2cnc(C)cn2)ccc1OC(F)F. The van der Waals surface area contributed by atoms with E-state index in [0.717, 1.165) is 0 Å². The molecule has 0 saturated carbocycles. The molecule has 1 aromatic heterocycles. The van der Waals surface area contributed by atoms with Crippen LogP contribution in [0, 0.1) is 6.92 Å². The van der Waals surface area contributed by atoms with Gasteiger partial charge in [0.2, 0.25) is 0 Å². The largest absolute Gasteiger partial charge is 0.493 e. The zero-order valence-corrected chi connectivity index (χ0v) is 13.5. The number of rotatable bonds is 6. The van der Waals surface area contributed by atoms with E-state index in [9.17, 15) is 13.6 Å². The number of halogens is 2. The molecule has 1 amide bonds. The van der Waals surface area contributed by atoms with Crippen molar-refractivity contribution in [1.82, 2.24) is 14.9 Å². The molecule has 0 spiro atoms. The molecular weight excluding hydrogens is 320 g/mol. The Morgan fingerprint density at radius 3 is 2.58 bits per heavy atom. The molecule has 0 aliphatic heterocycles. The van der Waals surface area contributed by atoms with Crippen molar-refractivity contribution in [2.75, 3.05) is 14.2 Å². The Hall–Kier alpha value is -2.77. The third-order valence-electron chi connectivity index (χ3n) is 3.21. The minimum absolute atomic E-state index is 0.0605. The molecule has 0 N–H and O–H groups in total. The van der Waals surface area contributed by atoms with Crippen LogP contribution >= 0.6 is 0 Å². The summed E-state index contributed by atoms with van der Waals surface area (Å²) < 4.78 is 34.1. The van der Waals surface area contributed by atoms with E-state index in [1.807, 2.05) is 0 Å². The summed E-state index contributed by atoms with van der Waals surface area (Å²) in [6.07, 6.45) is 2.93. The number of alkyl halides is 2. The lowest BCUT2D eigenvalue weighted by molar-refractivity contribution is -0.0512. The number of nitrogens with zero attached hydrogens (tertiary/aromatic N) is 3. The van der Waals surface area contributed by atoms with E-state index in [1.165, 1.54) is 30.5 Å². The van der Waals surface area contributed by atoms with E-state index in [1.54, 1.807) is 26.1 Å². The van der Waals surface area contributed by atoms with Crippen LogP contribution in [0.3, 0.4) is 0 Å². The summed E-state index contributed by atoms with van der Waals surface area (Å²) in [6, 6.07) is 4.51. The molecule has 0 aliphatic carbocycles. The number of hydrogen-bond acceptors (Lipinski definition) is 5. The highest BCUT2D eigenvalue weighted by molar-refractivity contribution is 5.91. The van der Waals surface area contributed by atoms with E-state index in [-0.39, 0.29) is 29.6 Å². The molecular formula is C16H17F2N3O3. The van der Waals surface area contributed by atoms with Crippen LogP contribution in [-0.2, 0) is 6.54 Å². The predicted molar refractivity (Wildman–Crippen MR) is 82.2 cm³/mol. The molecule has 2 rings (SSSR count). The first kappa shape index (κ1) is 17.6. The Balaban J connectivity index is 2.12. The zero-order chi connectivity index (χ0) is 17.7. The fraction of sp³-hybridized carbons (Fsp3) is 0.312. The Bertz CT molecular complexity index is 708. The van der Waals surface area contributed by atoms with Crippen molar-refractivity contribution in [2.24, 2.45) is 0 Å². The van der Waals surface area contributed by atoms with Gasteiger partial charge in [-0.15, -0.1) is 0 Å². The Morgan fingerprint density at radius 2 is 2.00 bits per heavy atom. The van der Waals surface area contributed by atoms with E-state index in [4.69, 9.17) is 4.74 Å². The van der Waals surface area contributed by atoms with Crippen molar-refractivity contribution in [1.29, 1.82) is 0 Å². The standard InChI is InChI=1S/C16H17F2N3O3/c1-10-7-20-12(8-19-10)15(22)21(2)9-11-4-5-13(24-16(17)18)14(6-11)23-3/h4-8,16H,9H2,1-3H3. The summed E-state index contributed by atoms with van der Waals surface area (Å²) in [5.74, 6) is -0.187. The van der Waals surface area contributed by atoms with Gasteiger partial charge in [-0.2, -0.15) is 8.78 Å². The highest BCUT2D eigenvalue weighted by Gasteiger charge is 2.16. The second-order valence-corrected chi connectivity index (χ2v) is 5.07. The molecule has 0 fully saturated rings. The number of carbonyl (C=O) groups is 1. The topological polar surface area (TPSA) is 64.5 Å². The number of methoxy groups -OCH3 is 1. The predicted octanol–water partition coefficient (Wildman–Crippen LogP) is 2.67. The van der Waals surface area contributed by atoms with Gasteiger partial charge in [0.1, 0.15) is 5.69 Å². The quantitative estimate of drug-likeness (QED) is 0.811. The summed E-state index contributed by atoms with van der Waals surface area (Å²) in [4.78, 5) is 21.8. The lowest BCUT2D eigenvalue weighted by atomic mass is 10.2. The van der Waals surface area contributed by atoms with Gasteiger partial charge in [-0.25, -0.2) is 4.98 Å². The monoisotopic (exact) mass is 337 g/mol. The lowest BCUT2D eigenvalue weighted by Crippen LogP contribution is -2.27. The number of aromatic nitrogens is 2.